The minimum Gasteiger partial charge on any atom is -0.353 e. The Morgan fingerprint density at radius 2 is 1.76 bits per heavy atom. The molecular formula is C18H31N3O3S. The summed E-state index contributed by atoms with van der Waals surface area (Å²) in [6.45, 7) is 2.04. The summed E-state index contributed by atoms with van der Waals surface area (Å²) in [7, 11) is -1.08. The van der Waals surface area contributed by atoms with Gasteiger partial charge in [0.15, 0.2) is 0 Å². The van der Waals surface area contributed by atoms with E-state index >= 15 is 0 Å². The Morgan fingerprint density at radius 1 is 1.04 bits per heavy atom. The van der Waals surface area contributed by atoms with Gasteiger partial charge >= 0.3 is 0 Å². The quantitative estimate of drug-likeness (QED) is 0.815. The maximum Gasteiger partial charge on any atom is 0.228 e. The Kier molecular flexibility index (Phi) is 4.61. The van der Waals surface area contributed by atoms with Crippen LogP contribution in [0.25, 0.3) is 0 Å². The van der Waals surface area contributed by atoms with E-state index in [2.05, 4.69) is 17.3 Å². The highest BCUT2D eigenvalue weighted by Crippen LogP contribution is 2.50. The van der Waals surface area contributed by atoms with Crippen LogP contribution in [-0.4, -0.2) is 67.5 Å². The summed E-state index contributed by atoms with van der Waals surface area (Å²) in [6, 6.07) is 0.288. The van der Waals surface area contributed by atoms with Crippen molar-refractivity contribution in [1.29, 1.82) is 0 Å². The van der Waals surface area contributed by atoms with E-state index in [9.17, 15) is 13.2 Å². The smallest absolute Gasteiger partial charge is 0.228 e. The first-order valence-corrected chi connectivity index (χ1v) is 11.5. The topological polar surface area (TPSA) is 69.7 Å². The first-order chi connectivity index (χ1) is 11.9. The van der Waals surface area contributed by atoms with E-state index in [-0.39, 0.29) is 29.8 Å². The lowest BCUT2D eigenvalue weighted by Gasteiger charge is -2.51. The Hall–Kier alpha value is -0.660. The van der Waals surface area contributed by atoms with Gasteiger partial charge in [-0.1, -0.05) is 12.8 Å². The third-order valence-electron chi connectivity index (χ3n) is 6.84. The predicted octanol–water partition coefficient (Wildman–Crippen LogP) is 1.32. The summed E-state index contributed by atoms with van der Waals surface area (Å²) in [5, 5.41) is 3.32. The van der Waals surface area contributed by atoms with Gasteiger partial charge in [0.05, 0.1) is 11.2 Å². The first kappa shape index (κ1) is 17.7. The summed E-state index contributed by atoms with van der Waals surface area (Å²) < 4.78 is 27.2. The van der Waals surface area contributed by atoms with Crippen molar-refractivity contribution in [3.63, 3.8) is 0 Å². The molecular weight excluding hydrogens is 338 g/mol. The number of nitrogens with zero attached hydrogens (tertiary/aromatic N) is 2. The van der Waals surface area contributed by atoms with Gasteiger partial charge in [-0.2, -0.15) is 4.31 Å². The van der Waals surface area contributed by atoms with E-state index in [0.29, 0.717) is 6.42 Å². The number of likely N-dealkylation sites (tertiary alicyclic amines) is 1. The van der Waals surface area contributed by atoms with Crippen molar-refractivity contribution in [3.05, 3.63) is 0 Å². The largest absolute Gasteiger partial charge is 0.353 e. The summed E-state index contributed by atoms with van der Waals surface area (Å²) in [5.41, 5.74) is -0.491. The van der Waals surface area contributed by atoms with Gasteiger partial charge in [0, 0.05) is 18.1 Å². The lowest BCUT2D eigenvalue weighted by atomic mass is 9.67. The number of hydrogen-bond acceptors (Lipinski definition) is 4. The molecule has 0 aromatic heterocycles. The maximum absolute atomic E-state index is 13.4. The van der Waals surface area contributed by atoms with Gasteiger partial charge in [0.1, 0.15) is 0 Å². The fraction of sp³-hybridized carbons (Fsp3) is 0.944. The Bertz CT molecular complexity index is 625. The summed E-state index contributed by atoms with van der Waals surface area (Å²) in [4.78, 5) is 15.7. The van der Waals surface area contributed by atoms with Crippen molar-refractivity contribution in [1.82, 2.24) is 14.5 Å². The van der Waals surface area contributed by atoms with Crippen LogP contribution in [0.2, 0.25) is 0 Å². The zero-order chi connectivity index (χ0) is 17.7. The molecule has 0 aromatic carbocycles. The van der Waals surface area contributed by atoms with Crippen LogP contribution in [0.3, 0.4) is 0 Å². The van der Waals surface area contributed by atoms with E-state index < -0.39 is 15.4 Å². The van der Waals surface area contributed by atoms with Crippen molar-refractivity contribution in [2.75, 3.05) is 25.9 Å². The van der Waals surface area contributed by atoms with E-state index in [1.807, 2.05) is 0 Å². The SMILES string of the molecule is CN1CCC(NC(=O)[C@@]23CCCC[C@H]2N(C2CC2)S(=O)(=O)CC3)CC1. The molecule has 2 saturated heterocycles. The molecule has 2 heterocycles. The molecule has 2 aliphatic heterocycles. The molecule has 1 N–H and O–H groups in total. The molecule has 2 saturated carbocycles. The van der Waals surface area contributed by atoms with Gasteiger partial charge in [-0.15, -0.1) is 0 Å². The second-order valence-electron chi connectivity index (χ2n) is 8.60. The fourth-order valence-electron chi connectivity index (χ4n) is 5.16. The predicted molar refractivity (Wildman–Crippen MR) is 96.6 cm³/mol. The molecule has 25 heavy (non-hydrogen) atoms. The lowest BCUT2D eigenvalue weighted by Crippen LogP contribution is -2.64. The molecule has 0 aromatic rings. The monoisotopic (exact) mass is 369 g/mol. The molecule has 4 aliphatic rings. The number of hydrogen-bond donors (Lipinski definition) is 1. The van der Waals surface area contributed by atoms with E-state index in [0.717, 1.165) is 64.5 Å². The van der Waals surface area contributed by atoms with Crippen LogP contribution in [0.4, 0.5) is 0 Å². The molecule has 142 valence electrons. The van der Waals surface area contributed by atoms with Gasteiger partial charge in [-0.3, -0.25) is 4.79 Å². The number of piperidine rings is 1. The highest BCUT2D eigenvalue weighted by atomic mass is 32.2. The highest BCUT2D eigenvalue weighted by Gasteiger charge is 2.58. The molecule has 4 rings (SSSR count). The molecule has 4 fully saturated rings. The van der Waals surface area contributed by atoms with Gasteiger partial charge < -0.3 is 10.2 Å². The van der Waals surface area contributed by atoms with Crippen molar-refractivity contribution < 1.29 is 13.2 Å². The number of amides is 1. The van der Waals surface area contributed by atoms with Crippen LogP contribution in [-0.2, 0) is 14.8 Å². The summed E-state index contributed by atoms with van der Waals surface area (Å²) in [5.74, 6) is 0.271. The number of carbonyl (C=O) groups is 1. The average molecular weight is 370 g/mol. The number of rotatable bonds is 3. The highest BCUT2D eigenvalue weighted by molar-refractivity contribution is 7.89. The Morgan fingerprint density at radius 3 is 2.44 bits per heavy atom. The molecule has 0 unspecified atom stereocenters. The van der Waals surface area contributed by atoms with Crippen molar-refractivity contribution >= 4 is 15.9 Å². The number of sulfonamides is 1. The first-order valence-electron chi connectivity index (χ1n) is 9.93. The molecule has 0 spiro atoms. The second kappa shape index (κ2) is 6.50. The number of carbonyl (C=O) groups excluding carboxylic acids is 1. The molecule has 7 heteroatoms. The molecule has 0 bridgehead atoms. The van der Waals surface area contributed by atoms with Crippen molar-refractivity contribution in [3.8, 4) is 0 Å². The van der Waals surface area contributed by atoms with Gasteiger partial charge in [-0.25, -0.2) is 8.42 Å². The summed E-state index contributed by atoms with van der Waals surface area (Å²) >= 11 is 0. The Labute approximate surface area is 151 Å². The minimum atomic E-state index is -3.20. The van der Waals surface area contributed by atoms with Crippen LogP contribution in [0.1, 0.15) is 57.8 Å². The van der Waals surface area contributed by atoms with Crippen molar-refractivity contribution in [2.45, 2.75) is 75.9 Å². The third kappa shape index (κ3) is 3.23. The molecule has 6 nitrogen and oxygen atoms in total. The lowest BCUT2D eigenvalue weighted by molar-refractivity contribution is -0.138. The zero-order valence-corrected chi connectivity index (χ0v) is 16.1. The maximum atomic E-state index is 13.4. The normalized spacial score (nSPS) is 37.4. The summed E-state index contributed by atoms with van der Waals surface area (Å²) in [6.07, 6.45) is 8.17. The fourth-order valence-corrected chi connectivity index (χ4v) is 7.36. The van der Waals surface area contributed by atoms with Crippen LogP contribution in [0, 0.1) is 5.41 Å². The standard InChI is InChI=1S/C18H31N3O3S/c1-20-11-7-14(8-12-20)19-17(22)18-9-3-2-4-16(18)21(15-5-6-15)25(23,24)13-10-18/h14-16H,2-13H2,1H3,(H,19,22)/t16-,18-/m1/s1. The Balaban J connectivity index is 1.55. The van der Waals surface area contributed by atoms with E-state index in [1.54, 1.807) is 4.31 Å². The molecule has 1 amide bonds. The zero-order valence-electron chi connectivity index (χ0n) is 15.2. The van der Waals surface area contributed by atoms with Gasteiger partial charge in [0.2, 0.25) is 15.9 Å². The van der Waals surface area contributed by atoms with Crippen LogP contribution >= 0.6 is 0 Å². The molecule has 2 aliphatic carbocycles. The average Bonchev–Trinajstić information content (AvgIpc) is 3.41. The molecule has 0 radical (unpaired) electrons. The second-order valence-corrected chi connectivity index (χ2v) is 10.6. The third-order valence-corrected chi connectivity index (χ3v) is 8.75. The van der Waals surface area contributed by atoms with E-state index in [1.165, 1.54) is 0 Å². The number of nitrogens with one attached hydrogen (secondary N) is 1. The number of fused-ring (bicyclic) bond motifs is 1. The van der Waals surface area contributed by atoms with Gasteiger partial charge in [-0.05, 0) is 65.1 Å². The van der Waals surface area contributed by atoms with Crippen LogP contribution < -0.4 is 5.32 Å². The van der Waals surface area contributed by atoms with Crippen LogP contribution in [0.5, 0.6) is 0 Å². The van der Waals surface area contributed by atoms with Crippen molar-refractivity contribution in [2.24, 2.45) is 5.41 Å². The van der Waals surface area contributed by atoms with Crippen LogP contribution in [0.15, 0.2) is 0 Å². The van der Waals surface area contributed by atoms with Gasteiger partial charge in [0.25, 0.3) is 0 Å². The minimum absolute atomic E-state index is 0.112. The van der Waals surface area contributed by atoms with E-state index in [4.69, 9.17) is 0 Å². The molecule has 2 atom stereocenters.